The van der Waals surface area contributed by atoms with Gasteiger partial charge in [-0.15, -0.1) is 25.6 Å². The van der Waals surface area contributed by atoms with Gasteiger partial charge in [-0.2, -0.15) is 0 Å². The van der Waals surface area contributed by atoms with Crippen molar-refractivity contribution >= 4 is 35.6 Å². The summed E-state index contributed by atoms with van der Waals surface area (Å²) in [7, 11) is 0. The number of nitrogens with one attached hydrogen (secondary N) is 1. The smallest absolute Gasteiger partial charge is 0.238 e. The second-order valence-corrected chi connectivity index (χ2v) is 4.27. The van der Waals surface area contributed by atoms with Crippen LogP contribution in [-0.2, 0) is 4.79 Å². The molecule has 0 spiro atoms. The summed E-state index contributed by atoms with van der Waals surface area (Å²) in [5.41, 5.74) is 0.699. The number of carbonyl (C=O) groups excluding carboxylic acids is 1. The summed E-state index contributed by atoms with van der Waals surface area (Å²) in [4.78, 5) is 13.7. The molecule has 1 N–H and O–H groups in total. The fourth-order valence-corrected chi connectivity index (χ4v) is 1.73. The third kappa shape index (κ3) is 7.01. The quantitative estimate of drug-likeness (QED) is 0.783. The zero-order valence-electron chi connectivity index (χ0n) is 10.6. The van der Waals surface area contributed by atoms with Gasteiger partial charge in [0, 0.05) is 23.8 Å². The fourth-order valence-electron chi connectivity index (χ4n) is 1.54. The standard InChI is InChI=1S/C14H17ClN2O.ClH/c1-3-8-17(9-4-2)11-14(18)16-13-7-5-6-12(15)10-13;/h3-7,10H,1-2,8-9,11H2,(H,16,18);1H. The Hall–Kier alpha value is -1.29. The molecule has 0 bridgehead atoms. The fraction of sp³-hybridized carbons (Fsp3) is 0.214. The van der Waals surface area contributed by atoms with Crippen molar-refractivity contribution in [3.63, 3.8) is 0 Å². The van der Waals surface area contributed by atoms with Crippen LogP contribution in [0.4, 0.5) is 5.69 Å². The molecule has 104 valence electrons. The van der Waals surface area contributed by atoms with Crippen molar-refractivity contribution in [3.8, 4) is 0 Å². The third-order valence-electron chi connectivity index (χ3n) is 2.25. The van der Waals surface area contributed by atoms with Crippen molar-refractivity contribution in [3.05, 3.63) is 54.6 Å². The minimum absolute atomic E-state index is 0. The number of anilines is 1. The molecule has 0 radical (unpaired) electrons. The highest BCUT2D eigenvalue weighted by Gasteiger charge is 2.08. The van der Waals surface area contributed by atoms with Gasteiger partial charge < -0.3 is 5.32 Å². The van der Waals surface area contributed by atoms with Crippen molar-refractivity contribution in [1.29, 1.82) is 0 Å². The summed E-state index contributed by atoms with van der Waals surface area (Å²) in [6.45, 7) is 8.91. The Balaban J connectivity index is 0.00000324. The molecule has 0 aliphatic heterocycles. The Morgan fingerprint density at radius 3 is 2.47 bits per heavy atom. The van der Waals surface area contributed by atoms with E-state index in [9.17, 15) is 4.79 Å². The van der Waals surface area contributed by atoms with Crippen molar-refractivity contribution in [2.45, 2.75) is 0 Å². The van der Waals surface area contributed by atoms with E-state index in [1.165, 1.54) is 0 Å². The Morgan fingerprint density at radius 2 is 1.95 bits per heavy atom. The van der Waals surface area contributed by atoms with Crippen LogP contribution in [0.3, 0.4) is 0 Å². The van der Waals surface area contributed by atoms with Gasteiger partial charge in [-0.3, -0.25) is 9.69 Å². The second-order valence-electron chi connectivity index (χ2n) is 3.83. The first kappa shape index (κ1) is 17.7. The van der Waals surface area contributed by atoms with E-state index in [2.05, 4.69) is 18.5 Å². The molecular weight excluding hydrogens is 283 g/mol. The molecule has 0 saturated heterocycles. The highest BCUT2D eigenvalue weighted by molar-refractivity contribution is 6.30. The Bertz CT molecular complexity index is 425. The normalized spacial score (nSPS) is 9.58. The van der Waals surface area contributed by atoms with Crippen LogP contribution in [0.5, 0.6) is 0 Å². The van der Waals surface area contributed by atoms with Gasteiger partial charge in [-0.25, -0.2) is 0 Å². The second kappa shape index (κ2) is 9.62. The summed E-state index contributed by atoms with van der Waals surface area (Å²) < 4.78 is 0. The average molecular weight is 301 g/mol. The van der Waals surface area contributed by atoms with Crippen molar-refractivity contribution in [2.75, 3.05) is 25.0 Å². The summed E-state index contributed by atoms with van der Waals surface area (Å²) in [5.74, 6) is -0.0824. The molecule has 3 nitrogen and oxygen atoms in total. The van der Waals surface area contributed by atoms with Crippen molar-refractivity contribution < 1.29 is 4.79 Å². The van der Waals surface area contributed by atoms with Gasteiger partial charge in [0.25, 0.3) is 0 Å². The van der Waals surface area contributed by atoms with E-state index in [1.807, 2.05) is 4.90 Å². The molecule has 0 saturated carbocycles. The number of amides is 1. The molecule has 1 rings (SSSR count). The van der Waals surface area contributed by atoms with Crippen LogP contribution >= 0.6 is 24.0 Å². The predicted octanol–water partition coefficient (Wildman–Crippen LogP) is 3.37. The number of benzene rings is 1. The number of carbonyl (C=O) groups is 1. The first-order valence-electron chi connectivity index (χ1n) is 5.65. The lowest BCUT2D eigenvalue weighted by molar-refractivity contribution is -0.117. The van der Waals surface area contributed by atoms with Crippen LogP contribution in [0, 0.1) is 0 Å². The van der Waals surface area contributed by atoms with Crippen LogP contribution in [0.1, 0.15) is 0 Å². The summed E-state index contributed by atoms with van der Waals surface area (Å²) >= 11 is 5.85. The first-order valence-corrected chi connectivity index (χ1v) is 6.03. The van der Waals surface area contributed by atoms with Gasteiger partial charge in [-0.05, 0) is 18.2 Å². The lowest BCUT2D eigenvalue weighted by Gasteiger charge is -2.18. The van der Waals surface area contributed by atoms with Crippen LogP contribution in [0.15, 0.2) is 49.6 Å². The SMILES string of the molecule is C=CCN(CC=C)CC(=O)Nc1cccc(Cl)c1.Cl. The lowest BCUT2D eigenvalue weighted by Crippen LogP contribution is -2.33. The molecule has 1 aromatic rings. The molecule has 0 unspecified atom stereocenters. The van der Waals surface area contributed by atoms with E-state index in [-0.39, 0.29) is 18.3 Å². The monoisotopic (exact) mass is 300 g/mol. The van der Waals surface area contributed by atoms with Gasteiger partial charge in [0.1, 0.15) is 0 Å². The van der Waals surface area contributed by atoms with E-state index in [1.54, 1.807) is 36.4 Å². The van der Waals surface area contributed by atoms with Crippen molar-refractivity contribution in [2.24, 2.45) is 0 Å². The predicted molar refractivity (Wildman–Crippen MR) is 84.2 cm³/mol. The molecule has 19 heavy (non-hydrogen) atoms. The topological polar surface area (TPSA) is 32.3 Å². The molecule has 0 atom stereocenters. The van der Waals surface area contributed by atoms with Gasteiger partial charge in [0.2, 0.25) is 5.91 Å². The summed E-state index contributed by atoms with van der Waals surface area (Å²) in [6.07, 6.45) is 3.52. The maximum atomic E-state index is 11.8. The maximum absolute atomic E-state index is 11.8. The zero-order chi connectivity index (χ0) is 13.4. The average Bonchev–Trinajstić information content (AvgIpc) is 2.29. The number of halogens is 2. The lowest BCUT2D eigenvalue weighted by atomic mass is 10.3. The molecule has 0 heterocycles. The van der Waals surface area contributed by atoms with Gasteiger partial charge >= 0.3 is 0 Å². The Labute approximate surface area is 125 Å². The molecule has 0 fully saturated rings. The summed E-state index contributed by atoms with van der Waals surface area (Å²) in [6, 6.07) is 7.07. The maximum Gasteiger partial charge on any atom is 0.238 e. The highest BCUT2D eigenvalue weighted by atomic mass is 35.5. The van der Waals surface area contributed by atoms with Gasteiger partial charge in [-0.1, -0.05) is 29.8 Å². The minimum atomic E-state index is -0.0824. The van der Waals surface area contributed by atoms with Crippen LogP contribution in [0.2, 0.25) is 5.02 Å². The van der Waals surface area contributed by atoms with E-state index in [4.69, 9.17) is 11.6 Å². The van der Waals surface area contributed by atoms with Crippen LogP contribution in [-0.4, -0.2) is 30.4 Å². The van der Waals surface area contributed by atoms with Gasteiger partial charge in [0.05, 0.1) is 6.54 Å². The minimum Gasteiger partial charge on any atom is -0.325 e. The van der Waals surface area contributed by atoms with Crippen LogP contribution in [0.25, 0.3) is 0 Å². The van der Waals surface area contributed by atoms with E-state index in [0.29, 0.717) is 30.3 Å². The van der Waals surface area contributed by atoms with E-state index in [0.717, 1.165) is 0 Å². The first-order chi connectivity index (χ1) is 8.65. The molecule has 0 aromatic heterocycles. The summed E-state index contributed by atoms with van der Waals surface area (Å²) in [5, 5.41) is 3.40. The molecule has 5 heteroatoms. The largest absolute Gasteiger partial charge is 0.325 e. The zero-order valence-corrected chi connectivity index (χ0v) is 12.2. The molecule has 1 amide bonds. The van der Waals surface area contributed by atoms with Gasteiger partial charge in [0.15, 0.2) is 0 Å². The number of nitrogens with zero attached hydrogens (tertiary/aromatic N) is 1. The number of hydrogen-bond acceptors (Lipinski definition) is 2. The molecule has 0 aliphatic rings. The number of hydrogen-bond donors (Lipinski definition) is 1. The third-order valence-corrected chi connectivity index (χ3v) is 2.49. The Morgan fingerprint density at radius 1 is 1.32 bits per heavy atom. The number of rotatable bonds is 7. The highest BCUT2D eigenvalue weighted by Crippen LogP contribution is 2.14. The molecular formula is C14H18Cl2N2O. The van der Waals surface area contributed by atoms with E-state index >= 15 is 0 Å². The molecule has 0 aliphatic carbocycles. The van der Waals surface area contributed by atoms with E-state index < -0.39 is 0 Å². The van der Waals surface area contributed by atoms with Crippen LogP contribution < -0.4 is 5.32 Å². The molecule has 1 aromatic carbocycles. The van der Waals surface area contributed by atoms with Crippen molar-refractivity contribution in [1.82, 2.24) is 4.90 Å². The Kier molecular flexibility index (Phi) is 8.96.